The lowest BCUT2D eigenvalue weighted by Crippen LogP contribution is -2.62. The van der Waals surface area contributed by atoms with Gasteiger partial charge < -0.3 is 22.8 Å². The molecule has 140 valence electrons. The van der Waals surface area contributed by atoms with Crippen molar-refractivity contribution in [2.75, 3.05) is 0 Å². The lowest BCUT2D eigenvalue weighted by Gasteiger charge is -2.45. The van der Waals surface area contributed by atoms with Gasteiger partial charge >= 0.3 is 5.97 Å². The molecular formula is C15H32O6Si3. The second-order valence-corrected chi connectivity index (χ2v) is 22.8. The first-order valence-electron chi connectivity index (χ1n) is 8.56. The fourth-order valence-electron chi connectivity index (χ4n) is 2.89. The number of ether oxygens (including phenoxy) is 2. The summed E-state index contributed by atoms with van der Waals surface area (Å²) < 4.78 is 30.4. The van der Waals surface area contributed by atoms with Gasteiger partial charge in [0.2, 0.25) is 6.29 Å². The van der Waals surface area contributed by atoms with Crippen LogP contribution in [0.2, 0.25) is 58.9 Å². The predicted molar refractivity (Wildman–Crippen MR) is 99.4 cm³/mol. The summed E-state index contributed by atoms with van der Waals surface area (Å²) in [6.45, 7) is 19.0. The summed E-state index contributed by atoms with van der Waals surface area (Å²) in [5, 5.41) is 0. The van der Waals surface area contributed by atoms with Crippen molar-refractivity contribution in [1.82, 2.24) is 0 Å². The Bertz CT molecular complexity index is 479. The van der Waals surface area contributed by atoms with Gasteiger partial charge in [0.05, 0.1) is 0 Å². The van der Waals surface area contributed by atoms with Gasteiger partial charge in [-0.3, -0.25) is 0 Å². The van der Waals surface area contributed by atoms with Crippen LogP contribution in [0.25, 0.3) is 0 Å². The van der Waals surface area contributed by atoms with Crippen LogP contribution >= 0.6 is 0 Å². The zero-order valence-corrected chi connectivity index (χ0v) is 19.3. The molecule has 6 nitrogen and oxygen atoms in total. The van der Waals surface area contributed by atoms with Gasteiger partial charge in [-0.05, 0) is 58.9 Å². The Kier molecular flexibility index (Phi) is 5.58. The van der Waals surface area contributed by atoms with Crippen molar-refractivity contribution in [3.05, 3.63) is 0 Å². The molecule has 0 N–H and O–H groups in total. The van der Waals surface area contributed by atoms with Crippen molar-refractivity contribution in [2.45, 2.75) is 89.6 Å². The van der Waals surface area contributed by atoms with Crippen molar-refractivity contribution >= 4 is 30.9 Å². The summed E-state index contributed by atoms with van der Waals surface area (Å²) in [5.41, 5.74) is 0. The average molecular weight is 393 g/mol. The lowest BCUT2D eigenvalue weighted by atomic mass is 10.0. The van der Waals surface area contributed by atoms with E-state index in [0.29, 0.717) is 0 Å². The second kappa shape index (κ2) is 6.60. The van der Waals surface area contributed by atoms with Gasteiger partial charge in [-0.25, -0.2) is 4.79 Å². The van der Waals surface area contributed by atoms with E-state index in [9.17, 15) is 4.79 Å². The van der Waals surface area contributed by atoms with E-state index in [0.717, 1.165) is 0 Å². The van der Waals surface area contributed by atoms with Crippen molar-refractivity contribution < 1.29 is 27.5 Å². The number of rotatable bonds is 6. The molecule has 0 spiro atoms. The maximum atomic E-state index is 12.3. The molecule has 24 heavy (non-hydrogen) atoms. The van der Waals surface area contributed by atoms with Crippen molar-refractivity contribution in [3.8, 4) is 0 Å². The molecule has 0 saturated carbocycles. The Hall–Kier alpha value is -0.0394. The first-order chi connectivity index (χ1) is 10.7. The van der Waals surface area contributed by atoms with Crippen LogP contribution in [-0.4, -0.2) is 61.6 Å². The predicted octanol–water partition coefficient (Wildman–Crippen LogP) is 2.93. The minimum absolute atomic E-state index is 0.342. The molecule has 0 aromatic carbocycles. The number of esters is 1. The third-order valence-electron chi connectivity index (χ3n) is 3.43. The Balaban J connectivity index is 2.37. The quantitative estimate of drug-likeness (QED) is 0.511. The normalized spacial score (nSPS) is 34.4. The van der Waals surface area contributed by atoms with Crippen LogP contribution in [-0.2, 0) is 27.5 Å². The molecule has 2 saturated heterocycles. The number of carbonyl (C=O) groups excluding carboxylic acids is 1. The third-order valence-corrected chi connectivity index (χ3v) is 6.37. The van der Waals surface area contributed by atoms with E-state index in [1.165, 1.54) is 0 Å². The molecular weight excluding hydrogens is 360 g/mol. The number of hydrogen-bond donors (Lipinski definition) is 0. The smallest absolute Gasteiger partial charge is 0.340 e. The maximum Gasteiger partial charge on any atom is 0.340 e. The zero-order chi connectivity index (χ0) is 18.5. The Morgan fingerprint density at radius 2 is 1.12 bits per heavy atom. The third kappa shape index (κ3) is 5.23. The highest BCUT2D eigenvalue weighted by Crippen LogP contribution is 2.37. The zero-order valence-electron chi connectivity index (χ0n) is 16.3. The molecule has 2 bridgehead atoms. The number of fused-ring (bicyclic) bond motifs is 2. The van der Waals surface area contributed by atoms with Gasteiger partial charge in [-0.1, -0.05) is 0 Å². The summed E-state index contributed by atoms with van der Waals surface area (Å²) in [7, 11) is -5.69. The minimum atomic E-state index is -1.92. The van der Waals surface area contributed by atoms with Crippen LogP contribution in [0.15, 0.2) is 0 Å². The molecule has 5 unspecified atom stereocenters. The maximum absolute atomic E-state index is 12.3. The first kappa shape index (κ1) is 20.3. The molecule has 2 fully saturated rings. The topological polar surface area (TPSA) is 63.2 Å². The standard InChI is InChI=1S/C15H32O6Si3/c1-22(2,3)19-10-11(20-23(4,5)6)13(21-24(7,8)9)15-17-12(10)14(16)18-15/h10-13,15H,1-9H3. The fourth-order valence-corrected chi connectivity index (χ4v) is 6.11. The van der Waals surface area contributed by atoms with Gasteiger partial charge in [0, 0.05) is 0 Å². The van der Waals surface area contributed by atoms with Gasteiger partial charge in [0.1, 0.15) is 18.3 Å². The van der Waals surface area contributed by atoms with Gasteiger partial charge in [0.25, 0.3) is 0 Å². The molecule has 2 heterocycles. The molecule has 2 aliphatic rings. The van der Waals surface area contributed by atoms with Crippen molar-refractivity contribution in [3.63, 3.8) is 0 Å². The molecule has 5 atom stereocenters. The Labute approximate surface area is 148 Å². The molecule has 0 amide bonds. The molecule has 0 aromatic heterocycles. The number of hydrogen-bond acceptors (Lipinski definition) is 6. The van der Waals surface area contributed by atoms with E-state index < -0.39 is 49.6 Å². The average Bonchev–Trinajstić information content (AvgIpc) is 2.64. The summed E-state index contributed by atoms with van der Waals surface area (Å²) in [6, 6.07) is 0. The SMILES string of the molecule is C[Si](C)(C)OC1C2OC(=O)C(O2)C(O[Si](C)(C)C)C1O[Si](C)(C)C. The van der Waals surface area contributed by atoms with Crippen molar-refractivity contribution in [2.24, 2.45) is 0 Å². The fraction of sp³-hybridized carbons (Fsp3) is 0.933. The van der Waals surface area contributed by atoms with E-state index in [4.69, 9.17) is 22.8 Å². The molecule has 2 rings (SSSR count). The van der Waals surface area contributed by atoms with Crippen LogP contribution in [0, 0.1) is 0 Å². The van der Waals surface area contributed by atoms with E-state index in [-0.39, 0.29) is 12.1 Å². The van der Waals surface area contributed by atoms with Crippen LogP contribution in [0.4, 0.5) is 0 Å². The lowest BCUT2D eigenvalue weighted by molar-refractivity contribution is -0.214. The van der Waals surface area contributed by atoms with E-state index >= 15 is 0 Å². The Morgan fingerprint density at radius 1 is 0.708 bits per heavy atom. The largest absolute Gasteiger partial charge is 0.431 e. The summed E-state index contributed by atoms with van der Waals surface area (Å²) >= 11 is 0. The molecule has 2 aliphatic heterocycles. The Morgan fingerprint density at radius 3 is 1.58 bits per heavy atom. The van der Waals surface area contributed by atoms with Gasteiger partial charge in [-0.15, -0.1) is 0 Å². The summed E-state index contributed by atoms with van der Waals surface area (Å²) in [4.78, 5) is 12.3. The monoisotopic (exact) mass is 392 g/mol. The summed E-state index contributed by atoms with van der Waals surface area (Å²) in [5.74, 6) is -0.367. The van der Waals surface area contributed by atoms with Gasteiger partial charge in [-0.2, -0.15) is 0 Å². The highest BCUT2D eigenvalue weighted by Gasteiger charge is 2.59. The molecule has 0 aliphatic carbocycles. The van der Waals surface area contributed by atoms with Crippen molar-refractivity contribution in [1.29, 1.82) is 0 Å². The number of carbonyl (C=O) groups is 1. The highest BCUT2D eigenvalue weighted by atomic mass is 28.4. The van der Waals surface area contributed by atoms with Crippen LogP contribution in [0.3, 0.4) is 0 Å². The highest BCUT2D eigenvalue weighted by molar-refractivity contribution is 6.70. The first-order valence-corrected chi connectivity index (χ1v) is 18.8. The van der Waals surface area contributed by atoms with Gasteiger partial charge in [0.15, 0.2) is 31.1 Å². The summed E-state index contributed by atoms with van der Waals surface area (Å²) in [6.07, 6.45) is -2.67. The van der Waals surface area contributed by atoms with E-state index in [1.807, 2.05) is 0 Å². The minimum Gasteiger partial charge on any atom is -0.431 e. The van der Waals surface area contributed by atoms with E-state index in [1.54, 1.807) is 0 Å². The molecule has 0 aromatic rings. The van der Waals surface area contributed by atoms with E-state index in [2.05, 4.69) is 58.9 Å². The van der Waals surface area contributed by atoms with Crippen LogP contribution < -0.4 is 0 Å². The van der Waals surface area contributed by atoms with Crippen LogP contribution in [0.5, 0.6) is 0 Å². The van der Waals surface area contributed by atoms with Crippen LogP contribution in [0.1, 0.15) is 0 Å². The molecule has 9 heteroatoms. The second-order valence-electron chi connectivity index (χ2n) is 9.45. The molecule has 0 radical (unpaired) electrons.